The second kappa shape index (κ2) is 11.0. The summed E-state index contributed by atoms with van der Waals surface area (Å²) in [6.45, 7) is 13.6. The minimum absolute atomic E-state index is 0.0796. The maximum absolute atomic E-state index is 12.9. The monoisotopic (exact) mass is 483 g/mol. The van der Waals surface area contributed by atoms with E-state index < -0.39 is 0 Å². The van der Waals surface area contributed by atoms with Crippen LogP contribution >= 0.6 is 11.3 Å². The molecule has 1 unspecified atom stereocenters. The Labute approximate surface area is 210 Å². The molecular weight excluding hydrogens is 442 g/mol. The molecule has 1 atom stereocenters. The number of hydrogen-bond donors (Lipinski definition) is 0. The Balaban J connectivity index is 1.72. The lowest BCUT2D eigenvalue weighted by atomic mass is 9.75. The van der Waals surface area contributed by atoms with Gasteiger partial charge in [0.05, 0.1) is 18.6 Å². The number of methoxy groups -OCH3 is 1. The molecule has 186 valence electrons. The van der Waals surface area contributed by atoms with Crippen molar-refractivity contribution in [1.82, 2.24) is 4.90 Å². The third-order valence-electron chi connectivity index (χ3n) is 7.50. The molecular formula is C29H41NO3S. The highest BCUT2D eigenvalue weighted by Crippen LogP contribution is 2.42. The van der Waals surface area contributed by atoms with Crippen LogP contribution in [0.5, 0.6) is 0 Å². The molecule has 1 aromatic rings. The summed E-state index contributed by atoms with van der Waals surface area (Å²) >= 11 is 1.49. The molecule has 3 aliphatic rings. The van der Waals surface area contributed by atoms with Gasteiger partial charge >= 0.3 is 5.97 Å². The zero-order valence-corrected chi connectivity index (χ0v) is 22.5. The second-order valence-electron chi connectivity index (χ2n) is 11.5. The van der Waals surface area contributed by atoms with Gasteiger partial charge in [-0.3, -0.25) is 4.90 Å². The summed E-state index contributed by atoms with van der Waals surface area (Å²) in [5.74, 6) is 8.53. The van der Waals surface area contributed by atoms with Crippen LogP contribution in [0.15, 0.2) is 11.6 Å². The number of thiophene rings is 1. The van der Waals surface area contributed by atoms with Crippen LogP contribution in [-0.4, -0.2) is 50.8 Å². The van der Waals surface area contributed by atoms with Gasteiger partial charge in [-0.1, -0.05) is 37.2 Å². The molecule has 1 aromatic heterocycles. The van der Waals surface area contributed by atoms with E-state index in [2.05, 4.69) is 50.5 Å². The minimum atomic E-state index is -0.241. The number of carbonyl (C=O) groups is 1. The fourth-order valence-electron chi connectivity index (χ4n) is 5.57. The molecule has 34 heavy (non-hydrogen) atoms. The molecule has 4 rings (SSSR count). The zero-order valence-electron chi connectivity index (χ0n) is 21.7. The molecule has 0 spiro atoms. The van der Waals surface area contributed by atoms with Crippen molar-refractivity contribution in [2.45, 2.75) is 66.2 Å². The molecule has 2 aliphatic heterocycles. The van der Waals surface area contributed by atoms with Gasteiger partial charge in [-0.2, -0.15) is 0 Å². The number of nitrogens with zero attached hydrogens (tertiary/aromatic N) is 1. The molecule has 3 heterocycles. The Morgan fingerprint density at radius 1 is 1.24 bits per heavy atom. The van der Waals surface area contributed by atoms with E-state index in [4.69, 9.17) is 9.47 Å². The van der Waals surface area contributed by atoms with Gasteiger partial charge in [0.15, 0.2) is 0 Å². The van der Waals surface area contributed by atoms with Crippen molar-refractivity contribution in [2.75, 3.05) is 40.0 Å². The first-order valence-electron chi connectivity index (χ1n) is 13.0. The molecule has 4 nitrogen and oxygen atoms in total. The molecule has 0 aromatic carbocycles. The lowest BCUT2D eigenvalue weighted by Crippen LogP contribution is -2.37. The zero-order chi connectivity index (χ0) is 24.3. The van der Waals surface area contributed by atoms with E-state index >= 15 is 0 Å². The van der Waals surface area contributed by atoms with Gasteiger partial charge in [0.1, 0.15) is 4.88 Å². The summed E-state index contributed by atoms with van der Waals surface area (Å²) in [5, 5.41) is 0. The summed E-state index contributed by atoms with van der Waals surface area (Å²) in [4.78, 5) is 17.1. The van der Waals surface area contributed by atoms with Crippen LogP contribution in [0.2, 0.25) is 0 Å². The van der Waals surface area contributed by atoms with Crippen LogP contribution in [0.1, 0.15) is 86.3 Å². The van der Waals surface area contributed by atoms with Crippen molar-refractivity contribution in [1.29, 1.82) is 0 Å². The van der Waals surface area contributed by atoms with Gasteiger partial charge in [-0.15, -0.1) is 11.3 Å². The standard InChI is InChI=1S/C29H41NO3S/c1-20-6-8-22(9-7-20)24-11-14-30(17-21-12-15-33-19-21)18-26(24)25-16-23(10-13-29(2,3)4)34-27(25)28(31)32-5/h16,20-22H,6-9,11-12,14-15,17-19H2,1-5H3. The average molecular weight is 484 g/mol. The highest BCUT2D eigenvalue weighted by molar-refractivity contribution is 7.14. The highest BCUT2D eigenvalue weighted by atomic mass is 32.1. The smallest absolute Gasteiger partial charge is 0.348 e. The van der Waals surface area contributed by atoms with Crippen molar-refractivity contribution >= 4 is 22.9 Å². The van der Waals surface area contributed by atoms with Crippen molar-refractivity contribution in [3.05, 3.63) is 27.0 Å². The van der Waals surface area contributed by atoms with Crippen molar-refractivity contribution < 1.29 is 14.3 Å². The number of carbonyl (C=O) groups excluding carboxylic acids is 1. The Morgan fingerprint density at radius 2 is 2.00 bits per heavy atom. The van der Waals surface area contributed by atoms with Crippen LogP contribution in [0.4, 0.5) is 0 Å². The third kappa shape index (κ3) is 6.33. The molecule has 5 heteroatoms. The van der Waals surface area contributed by atoms with Crippen LogP contribution in [0.3, 0.4) is 0 Å². The van der Waals surface area contributed by atoms with Crippen LogP contribution in [-0.2, 0) is 9.47 Å². The quantitative estimate of drug-likeness (QED) is 0.366. The van der Waals surface area contributed by atoms with Gasteiger partial charge in [-0.25, -0.2) is 4.79 Å². The number of rotatable bonds is 5. The third-order valence-corrected chi connectivity index (χ3v) is 8.53. The van der Waals surface area contributed by atoms with Gasteiger partial charge in [0, 0.05) is 37.2 Å². The van der Waals surface area contributed by atoms with Gasteiger partial charge in [0.25, 0.3) is 0 Å². The Morgan fingerprint density at radius 3 is 2.65 bits per heavy atom. The van der Waals surface area contributed by atoms with Gasteiger partial charge < -0.3 is 9.47 Å². The normalized spacial score (nSPS) is 26.3. The minimum Gasteiger partial charge on any atom is -0.465 e. The summed E-state index contributed by atoms with van der Waals surface area (Å²) < 4.78 is 10.9. The Bertz CT molecular complexity index is 960. The van der Waals surface area contributed by atoms with Crippen LogP contribution < -0.4 is 0 Å². The molecule has 2 fully saturated rings. The molecule has 0 radical (unpaired) electrons. The van der Waals surface area contributed by atoms with E-state index in [0.29, 0.717) is 16.7 Å². The maximum atomic E-state index is 12.9. The average Bonchev–Trinajstić information content (AvgIpc) is 3.47. The second-order valence-corrected chi connectivity index (χ2v) is 12.6. The van der Waals surface area contributed by atoms with Crippen LogP contribution in [0, 0.1) is 35.0 Å². The summed E-state index contributed by atoms with van der Waals surface area (Å²) in [6.07, 6.45) is 7.40. The largest absolute Gasteiger partial charge is 0.465 e. The molecule has 1 aliphatic carbocycles. The lowest BCUT2D eigenvalue weighted by molar-refractivity contribution is 0.0606. The van der Waals surface area contributed by atoms with E-state index in [9.17, 15) is 4.79 Å². The molecule has 1 saturated carbocycles. The maximum Gasteiger partial charge on any atom is 0.348 e. The van der Waals surface area contributed by atoms with E-state index in [1.165, 1.54) is 49.7 Å². The van der Waals surface area contributed by atoms with E-state index in [0.717, 1.165) is 62.0 Å². The number of esters is 1. The Hall–Kier alpha value is -1.61. The number of ether oxygens (including phenoxy) is 2. The highest BCUT2D eigenvalue weighted by Gasteiger charge is 2.32. The SMILES string of the molecule is COC(=O)c1sc(C#CC(C)(C)C)cc1C1=C(C2CCC(C)CC2)CCN(CC2CCOC2)C1. The lowest BCUT2D eigenvalue weighted by Gasteiger charge is -2.37. The van der Waals surface area contributed by atoms with Gasteiger partial charge in [0.2, 0.25) is 0 Å². The first-order chi connectivity index (χ1) is 16.2. The first kappa shape index (κ1) is 25.5. The number of hydrogen-bond acceptors (Lipinski definition) is 5. The molecule has 0 amide bonds. The van der Waals surface area contributed by atoms with E-state index in [-0.39, 0.29) is 11.4 Å². The molecule has 0 N–H and O–H groups in total. The fraction of sp³-hybridized carbons (Fsp3) is 0.690. The van der Waals surface area contributed by atoms with Gasteiger partial charge in [-0.05, 0) is 75.8 Å². The van der Waals surface area contributed by atoms with Crippen molar-refractivity contribution in [3.8, 4) is 11.8 Å². The Kier molecular flexibility index (Phi) is 8.23. The van der Waals surface area contributed by atoms with Crippen LogP contribution in [0.25, 0.3) is 5.57 Å². The topological polar surface area (TPSA) is 38.8 Å². The summed E-state index contributed by atoms with van der Waals surface area (Å²) in [7, 11) is 1.48. The summed E-state index contributed by atoms with van der Waals surface area (Å²) in [5.41, 5.74) is 3.94. The van der Waals surface area contributed by atoms with E-state index in [1.807, 2.05) is 0 Å². The fourth-order valence-corrected chi connectivity index (χ4v) is 6.53. The molecule has 1 saturated heterocycles. The van der Waals surface area contributed by atoms with Crippen molar-refractivity contribution in [3.63, 3.8) is 0 Å². The van der Waals surface area contributed by atoms with E-state index in [1.54, 1.807) is 5.57 Å². The predicted molar refractivity (Wildman–Crippen MR) is 140 cm³/mol. The summed E-state index contributed by atoms with van der Waals surface area (Å²) in [6, 6.07) is 2.17. The van der Waals surface area contributed by atoms with Crippen molar-refractivity contribution in [2.24, 2.45) is 23.2 Å². The molecule has 0 bridgehead atoms. The predicted octanol–water partition coefficient (Wildman–Crippen LogP) is 6.25. The first-order valence-corrected chi connectivity index (χ1v) is 13.8.